The van der Waals surface area contributed by atoms with E-state index < -0.39 is 17.9 Å². The van der Waals surface area contributed by atoms with Crippen molar-refractivity contribution in [2.45, 2.75) is 115 Å². The topological polar surface area (TPSA) is 69.6 Å². The van der Waals surface area contributed by atoms with Gasteiger partial charge in [-0.25, -0.2) is 0 Å². The van der Waals surface area contributed by atoms with Crippen LogP contribution in [-0.4, -0.2) is 54.6 Å². The normalized spacial score (nSPS) is 24.4. The summed E-state index contributed by atoms with van der Waals surface area (Å²) < 4.78 is 6.32. The summed E-state index contributed by atoms with van der Waals surface area (Å²) in [6.45, 7) is 3.36. The van der Waals surface area contributed by atoms with Gasteiger partial charge in [0.25, 0.3) is 0 Å². The van der Waals surface area contributed by atoms with E-state index in [9.17, 15) is 15.0 Å². The maximum Gasteiger partial charge on any atom is 0.216 e. The Labute approximate surface area is 173 Å². The molecule has 28 heavy (non-hydrogen) atoms. The summed E-state index contributed by atoms with van der Waals surface area (Å²) in [5.74, 6) is -2.32. The highest BCUT2D eigenvalue weighted by atomic mass is 16.6. The second-order valence-electron chi connectivity index (χ2n) is 9.53. The first-order valence-corrected chi connectivity index (χ1v) is 11.7. The first-order chi connectivity index (χ1) is 13.3. The summed E-state index contributed by atoms with van der Waals surface area (Å²) in [4.78, 5) is 10.9. The second-order valence-corrected chi connectivity index (χ2v) is 9.53. The Kier molecular flexibility index (Phi) is 12.3. The number of carboxylic acid groups (broad SMARTS) is 1. The van der Waals surface area contributed by atoms with E-state index in [0.717, 1.165) is 12.8 Å². The van der Waals surface area contributed by atoms with E-state index in [-0.39, 0.29) is 6.42 Å². The summed E-state index contributed by atoms with van der Waals surface area (Å²) in [5, 5.41) is 21.7. The molecule has 1 aliphatic heterocycles. The van der Waals surface area contributed by atoms with Crippen LogP contribution in [0.4, 0.5) is 0 Å². The molecule has 0 aromatic rings. The number of carboxylic acids is 1. The fraction of sp³-hybridized carbons (Fsp3) is 0.957. The van der Waals surface area contributed by atoms with Crippen LogP contribution in [0.1, 0.15) is 103 Å². The maximum absolute atomic E-state index is 10.9. The molecule has 0 amide bonds. The summed E-state index contributed by atoms with van der Waals surface area (Å²) in [7, 11) is 4.03. The van der Waals surface area contributed by atoms with Crippen LogP contribution in [0.3, 0.4) is 0 Å². The van der Waals surface area contributed by atoms with Gasteiger partial charge in [-0.1, -0.05) is 84.0 Å². The number of nitrogens with zero attached hydrogens (tertiary/aromatic N) is 1. The number of carbonyl (C=O) groups is 1. The largest absolute Gasteiger partial charge is 0.550 e. The van der Waals surface area contributed by atoms with Gasteiger partial charge in [-0.05, 0) is 6.42 Å². The van der Waals surface area contributed by atoms with Crippen LogP contribution >= 0.6 is 0 Å². The van der Waals surface area contributed by atoms with E-state index in [1.807, 2.05) is 14.1 Å². The molecule has 5 nitrogen and oxygen atoms in total. The van der Waals surface area contributed by atoms with Crippen LogP contribution < -0.4 is 5.11 Å². The number of quaternary nitrogens is 1. The molecule has 0 aliphatic carbocycles. The summed E-state index contributed by atoms with van der Waals surface area (Å²) in [5.41, 5.74) is 0. The monoisotopic (exact) mass is 399 g/mol. The lowest BCUT2D eigenvalue weighted by Gasteiger charge is -2.46. The Morgan fingerprint density at radius 1 is 0.964 bits per heavy atom. The van der Waals surface area contributed by atoms with Crippen molar-refractivity contribution >= 4 is 5.97 Å². The molecule has 166 valence electrons. The average molecular weight is 400 g/mol. The number of hydrogen-bond acceptors (Lipinski definition) is 4. The minimum Gasteiger partial charge on any atom is -0.550 e. The van der Waals surface area contributed by atoms with Gasteiger partial charge in [0.2, 0.25) is 5.79 Å². The number of morpholine rings is 1. The zero-order valence-corrected chi connectivity index (χ0v) is 18.7. The van der Waals surface area contributed by atoms with Gasteiger partial charge in [0, 0.05) is 18.8 Å². The third-order valence-electron chi connectivity index (χ3n) is 5.82. The van der Waals surface area contributed by atoms with Crippen LogP contribution in [-0.2, 0) is 9.53 Å². The molecule has 1 rings (SSSR count). The van der Waals surface area contributed by atoms with E-state index in [0.29, 0.717) is 24.0 Å². The number of hydrogen-bond donors (Lipinski definition) is 1. The number of carbonyl (C=O) groups excluding carboxylic acids is 1. The third-order valence-corrected chi connectivity index (χ3v) is 5.82. The third kappa shape index (κ3) is 12.0. The van der Waals surface area contributed by atoms with Crippen molar-refractivity contribution in [1.29, 1.82) is 0 Å². The van der Waals surface area contributed by atoms with Crippen LogP contribution in [0, 0.1) is 0 Å². The molecule has 0 bridgehead atoms. The molecule has 0 aromatic carbocycles. The van der Waals surface area contributed by atoms with Gasteiger partial charge in [-0.15, -0.1) is 0 Å². The van der Waals surface area contributed by atoms with E-state index in [1.165, 1.54) is 70.6 Å². The Morgan fingerprint density at radius 2 is 1.43 bits per heavy atom. The van der Waals surface area contributed by atoms with Crippen molar-refractivity contribution in [2.75, 3.05) is 27.2 Å². The molecule has 0 unspecified atom stereocenters. The first kappa shape index (κ1) is 25.4. The highest BCUT2D eigenvalue weighted by molar-refractivity contribution is 5.64. The highest BCUT2D eigenvalue weighted by Gasteiger charge is 2.44. The van der Waals surface area contributed by atoms with Crippen LogP contribution in [0.15, 0.2) is 0 Å². The Bertz CT molecular complexity index is 427. The molecular formula is C23H45NO4. The lowest BCUT2D eigenvalue weighted by molar-refractivity contribution is -0.915. The molecule has 1 saturated heterocycles. The number of rotatable bonds is 16. The predicted octanol–water partition coefficient (Wildman–Crippen LogP) is 3.77. The summed E-state index contributed by atoms with van der Waals surface area (Å²) in [6, 6.07) is 0. The Balaban J connectivity index is 2.07. The average Bonchev–Trinajstić information content (AvgIpc) is 2.56. The van der Waals surface area contributed by atoms with Crippen molar-refractivity contribution in [3.63, 3.8) is 0 Å². The molecule has 1 fully saturated rings. The molecule has 0 radical (unpaired) electrons. The Morgan fingerprint density at radius 3 is 1.89 bits per heavy atom. The van der Waals surface area contributed by atoms with Crippen molar-refractivity contribution in [2.24, 2.45) is 0 Å². The quantitative estimate of drug-likeness (QED) is 0.317. The first-order valence-electron chi connectivity index (χ1n) is 11.7. The van der Waals surface area contributed by atoms with Gasteiger partial charge >= 0.3 is 0 Å². The molecular weight excluding hydrogens is 354 g/mol. The van der Waals surface area contributed by atoms with E-state index >= 15 is 0 Å². The molecule has 0 aromatic heterocycles. The summed E-state index contributed by atoms with van der Waals surface area (Å²) in [6.07, 6.45) is 16.8. The zero-order chi connectivity index (χ0) is 20.9. The SMILES string of the molecule is CCCCCCCCCCCCCCC[C@]1(O)C[N+](C)(C)C[C@@H](CC(=O)[O-])O1. The standard InChI is InChI=1S/C23H45NO4/c1-4-5-6-7-8-9-10-11-12-13-14-15-16-17-23(27)20-24(2,3)19-21(28-23)18-22(25)26/h21,27H,4-20H2,1-3H3/t21-,23-/m1/s1. The van der Waals surface area contributed by atoms with Crippen molar-refractivity contribution in [3.8, 4) is 0 Å². The molecule has 1 N–H and O–H groups in total. The predicted molar refractivity (Wildman–Crippen MR) is 112 cm³/mol. The molecule has 5 heteroatoms. The van der Waals surface area contributed by atoms with Crippen molar-refractivity contribution in [1.82, 2.24) is 0 Å². The number of ether oxygens (including phenoxy) is 1. The van der Waals surface area contributed by atoms with E-state index in [1.54, 1.807) is 0 Å². The fourth-order valence-electron chi connectivity index (χ4n) is 4.52. The van der Waals surface area contributed by atoms with Gasteiger partial charge in [0.1, 0.15) is 19.2 Å². The zero-order valence-electron chi connectivity index (χ0n) is 18.7. The number of likely N-dealkylation sites (N-methyl/N-ethyl adjacent to an activating group) is 1. The van der Waals surface area contributed by atoms with Gasteiger partial charge in [0.05, 0.1) is 14.1 Å². The molecule has 2 atom stereocenters. The van der Waals surface area contributed by atoms with Crippen molar-refractivity contribution in [3.05, 3.63) is 0 Å². The minimum atomic E-state index is -1.21. The second kappa shape index (κ2) is 13.6. The molecule has 0 spiro atoms. The highest BCUT2D eigenvalue weighted by Crippen LogP contribution is 2.29. The van der Waals surface area contributed by atoms with E-state index in [4.69, 9.17) is 4.74 Å². The van der Waals surface area contributed by atoms with Gasteiger partial charge in [-0.3, -0.25) is 0 Å². The van der Waals surface area contributed by atoms with Crippen LogP contribution in [0.5, 0.6) is 0 Å². The summed E-state index contributed by atoms with van der Waals surface area (Å²) >= 11 is 0. The molecule has 1 heterocycles. The number of unbranched alkanes of at least 4 members (excludes halogenated alkanes) is 12. The van der Waals surface area contributed by atoms with Gasteiger partial charge < -0.3 is 24.2 Å². The number of aliphatic hydroxyl groups is 1. The van der Waals surface area contributed by atoms with Crippen LogP contribution in [0.2, 0.25) is 0 Å². The van der Waals surface area contributed by atoms with Crippen LogP contribution in [0.25, 0.3) is 0 Å². The smallest absolute Gasteiger partial charge is 0.216 e. The Hall–Kier alpha value is -0.650. The lowest BCUT2D eigenvalue weighted by atomic mass is 10.0. The maximum atomic E-state index is 10.9. The minimum absolute atomic E-state index is 0.150. The molecule has 0 saturated carbocycles. The molecule has 1 aliphatic rings. The lowest BCUT2D eigenvalue weighted by Crippen LogP contribution is -2.63. The fourth-order valence-corrected chi connectivity index (χ4v) is 4.52. The number of aliphatic carboxylic acids is 1. The van der Waals surface area contributed by atoms with Gasteiger partial charge in [0.15, 0.2) is 0 Å². The van der Waals surface area contributed by atoms with Crippen molar-refractivity contribution < 1.29 is 24.2 Å². The van der Waals surface area contributed by atoms with Gasteiger partial charge in [-0.2, -0.15) is 0 Å². The van der Waals surface area contributed by atoms with E-state index in [2.05, 4.69) is 6.92 Å².